The van der Waals surface area contributed by atoms with E-state index in [0.717, 1.165) is 14.9 Å². The molecule has 6 nitrogen and oxygen atoms in total. The minimum Gasteiger partial charge on any atom is -0.450 e. The first-order chi connectivity index (χ1) is 14.1. The highest BCUT2D eigenvalue weighted by Crippen LogP contribution is 2.41. The summed E-state index contributed by atoms with van der Waals surface area (Å²) in [6.07, 6.45) is 2.00. The lowest BCUT2D eigenvalue weighted by Gasteiger charge is -2.22. The van der Waals surface area contributed by atoms with Gasteiger partial charge in [-0.25, -0.2) is 0 Å². The average molecular weight is 486 g/mol. The molecule has 0 bridgehead atoms. The molecule has 0 N–H and O–H groups in total. The lowest BCUT2D eigenvalue weighted by Crippen LogP contribution is -2.29. The number of hydrogen-bond acceptors (Lipinski definition) is 7. The summed E-state index contributed by atoms with van der Waals surface area (Å²) in [7, 11) is 0. The zero-order valence-electron chi connectivity index (χ0n) is 15.0. The third kappa shape index (κ3) is 2.92. The Balaban J connectivity index is 1.80. The van der Waals surface area contributed by atoms with Gasteiger partial charge in [0.25, 0.3) is 5.91 Å². The molecule has 2 aromatic heterocycles. The molecular formula is C20H12BrN3O3S2. The summed E-state index contributed by atoms with van der Waals surface area (Å²) >= 11 is 6.27. The first-order valence-electron chi connectivity index (χ1n) is 8.58. The molecule has 9 heteroatoms. The van der Waals surface area contributed by atoms with E-state index in [0.29, 0.717) is 21.7 Å². The molecule has 1 amide bonds. The lowest BCUT2D eigenvalue weighted by atomic mass is 9.99. The fourth-order valence-electron chi connectivity index (χ4n) is 3.52. The molecule has 3 heterocycles. The standard InChI is InChI=1S/C20H12BrN3O3S2/c1-28-12-5-2-10(3-6-12)16-15-17(25)13-8-11(21)4-7-14(13)27-18(15)19(26)24(16)20-23-22-9-29-20/h2-9,16H,1H3. The van der Waals surface area contributed by atoms with E-state index in [4.69, 9.17) is 4.42 Å². The maximum atomic E-state index is 13.4. The molecule has 1 unspecified atom stereocenters. The second-order valence-electron chi connectivity index (χ2n) is 6.39. The minimum atomic E-state index is -0.624. The van der Waals surface area contributed by atoms with Gasteiger partial charge >= 0.3 is 0 Å². The molecular weight excluding hydrogens is 474 g/mol. The molecule has 4 aromatic rings. The molecule has 29 heavy (non-hydrogen) atoms. The van der Waals surface area contributed by atoms with Crippen LogP contribution in [0, 0.1) is 0 Å². The second-order valence-corrected chi connectivity index (χ2v) is 8.99. The summed E-state index contributed by atoms with van der Waals surface area (Å²) in [5.74, 6) is -0.337. The molecule has 0 spiro atoms. The van der Waals surface area contributed by atoms with Gasteiger partial charge in [-0.2, -0.15) is 0 Å². The molecule has 1 atom stereocenters. The Kier molecular flexibility index (Phi) is 4.53. The van der Waals surface area contributed by atoms with Crippen LogP contribution in [0.4, 0.5) is 5.13 Å². The van der Waals surface area contributed by atoms with Gasteiger partial charge in [0.2, 0.25) is 10.9 Å². The van der Waals surface area contributed by atoms with Gasteiger partial charge in [-0.1, -0.05) is 39.4 Å². The van der Waals surface area contributed by atoms with Crippen molar-refractivity contribution in [1.29, 1.82) is 0 Å². The fraction of sp³-hybridized carbons (Fsp3) is 0.100. The summed E-state index contributed by atoms with van der Waals surface area (Å²) in [6, 6.07) is 12.4. The molecule has 1 aliphatic rings. The maximum Gasteiger partial charge on any atom is 0.297 e. The number of thioether (sulfide) groups is 1. The summed E-state index contributed by atoms with van der Waals surface area (Å²) in [5.41, 5.74) is 2.85. The van der Waals surface area contributed by atoms with E-state index >= 15 is 0 Å². The van der Waals surface area contributed by atoms with Crippen LogP contribution < -0.4 is 10.3 Å². The van der Waals surface area contributed by atoms with Gasteiger partial charge in [0.15, 0.2) is 5.43 Å². The lowest BCUT2D eigenvalue weighted by molar-refractivity contribution is 0.0970. The van der Waals surface area contributed by atoms with Crippen molar-refractivity contribution in [3.05, 3.63) is 79.6 Å². The summed E-state index contributed by atoms with van der Waals surface area (Å²) < 4.78 is 6.68. The number of hydrogen-bond donors (Lipinski definition) is 0. The molecule has 2 aromatic carbocycles. The number of fused-ring (bicyclic) bond motifs is 2. The van der Waals surface area contributed by atoms with E-state index in [2.05, 4.69) is 26.1 Å². The number of benzene rings is 2. The quantitative estimate of drug-likeness (QED) is 0.385. The van der Waals surface area contributed by atoms with E-state index in [-0.39, 0.29) is 11.2 Å². The van der Waals surface area contributed by atoms with Crippen molar-refractivity contribution in [3.8, 4) is 0 Å². The van der Waals surface area contributed by atoms with E-state index in [1.807, 2.05) is 30.5 Å². The second kappa shape index (κ2) is 7.08. The number of amides is 1. The number of carbonyl (C=O) groups excluding carboxylic acids is 1. The number of aromatic nitrogens is 2. The van der Waals surface area contributed by atoms with Crippen LogP contribution in [0.25, 0.3) is 11.0 Å². The molecule has 0 radical (unpaired) electrons. The van der Waals surface area contributed by atoms with E-state index in [9.17, 15) is 9.59 Å². The fourth-order valence-corrected chi connectivity index (χ4v) is 4.87. The highest BCUT2D eigenvalue weighted by Gasteiger charge is 2.44. The SMILES string of the molecule is CSc1ccc(C2c3c(oc4ccc(Br)cc4c3=O)C(=O)N2c2nncs2)cc1. The normalized spacial score (nSPS) is 15.9. The van der Waals surface area contributed by atoms with Crippen molar-refractivity contribution in [3.63, 3.8) is 0 Å². The molecule has 0 aliphatic carbocycles. The van der Waals surface area contributed by atoms with Gasteiger partial charge in [-0.05, 0) is 42.2 Å². The zero-order valence-corrected chi connectivity index (χ0v) is 18.2. The van der Waals surface area contributed by atoms with Crippen LogP contribution in [-0.2, 0) is 0 Å². The van der Waals surface area contributed by atoms with Crippen LogP contribution in [0.1, 0.15) is 27.7 Å². The Morgan fingerprint density at radius 1 is 1.17 bits per heavy atom. The molecule has 5 rings (SSSR count). The Morgan fingerprint density at radius 3 is 2.66 bits per heavy atom. The summed E-state index contributed by atoms with van der Waals surface area (Å²) in [6.45, 7) is 0. The van der Waals surface area contributed by atoms with Crippen molar-refractivity contribution < 1.29 is 9.21 Å². The summed E-state index contributed by atoms with van der Waals surface area (Å²) in [4.78, 5) is 29.3. The van der Waals surface area contributed by atoms with Crippen molar-refractivity contribution in [1.82, 2.24) is 10.2 Å². The minimum absolute atomic E-state index is 0.0546. The van der Waals surface area contributed by atoms with Crippen LogP contribution >= 0.6 is 39.0 Å². The smallest absolute Gasteiger partial charge is 0.297 e. The average Bonchev–Trinajstić information content (AvgIpc) is 3.35. The number of nitrogens with zero attached hydrogens (tertiary/aromatic N) is 3. The van der Waals surface area contributed by atoms with Gasteiger partial charge in [-0.15, -0.1) is 22.0 Å². The first-order valence-corrected chi connectivity index (χ1v) is 11.5. The number of rotatable bonds is 3. The van der Waals surface area contributed by atoms with Crippen LogP contribution in [0.3, 0.4) is 0 Å². The highest BCUT2D eigenvalue weighted by atomic mass is 79.9. The Labute approximate surface area is 181 Å². The zero-order chi connectivity index (χ0) is 20.1. The van der Waals surface area contributed by atoms with E-state index in [1.54, 1.807) is 35.5 Å². The van der Waals surface area contributed by atoms with Crippen molar-refractivity contribution >= 4 is 61.0 Å². The van der Waals surface area contributed by atoms with E-state index in [1.165, 1.54) is 16.2 Å². The summed E-state index contributed by atoms with van der Waals surface area (Å²) in [5, 5.41) is 8.79. The number of anilines is 1. The topological polar surface area (TPSA) is 76.3 Å². The molecule has 1 aliphatic heterocycles. The Hall–Kier alpha value is -2.49. The van der Waals surface area contributed by atoms with Crippen LogP contribution in [0.15, 0.2) is 66.6 Å². The number of carbonyl (C=O) groups is 1. The monoisotopic (exact) mass is 485 g/mol. The Morgan fingerprint density at radius 2 is 1.97 bits per heavy atom. The first kappa shape index (κ1) is 18.5. The van der Waals surface area contributed by atoms with Crippen LogP contribution in [-0.4, -0.2) is 22.4 Å². The Bertz CT molecular complexity index is 1300. The van der Waals surface area contributed by atoms with Gasteiger partial charge < -0.3 is 4.42 Å². The number of halogens is 1. The molecule has 144 valence electrons. The van der Waals surface area contributed by atoms with Gasteiger partial charge in [0, 0.05) is 9.37 Å². The van der Waals surface area contributed by atoms with Crippen LogP contribution in [0.5, 0.6) is 0 Å². The highest BCUT2D eigenvalue weighted by molar-refractivity contribution is 9.10. The van der Waals surface area contributed by atoms with Gasteiger partial charge in [-0.3, -0.25) is 14.5 Å². The predicted octanol–water partition coefficient (Wildman–Crippen LogP) is 4.88. The largest absolute Gasteiger partial charge is 0.450 e. The third-order valence-electron chi connectivity index (χ3n) is 4.82. The predicted molar refractivity (Wildman–Crippen MR) is 117 cm³/mol. The third-order valence-corrected chi connectivity index (χ3v) is 6.74. The van der Waals surface area contributed by atoms with Crippen molar-refractivity contribution in [2.24, 2.45) is 0 Å². The maximum absolute atomic E-state index is 13.4. The van der Waals surface area contributed by atoms with Crippen molar-refractivity contribution in [2.75, 3.05) is 11.2 Å². The molecule has 0 saturated heterocycles. The van der Waals surface area contributed by atoms with E-state index < -0.39 is 11.9 Å². The molecule has 0 saturated carbocycles. The van der Waals surface area contributed by atoms with Crippen LogP contribution in [0.2, 0.25) is 0 Å². The van der Waals surface area contributed by atoms with Gasteiger partial charge in [0.1, 0.15) is 11.1 Å². The molecule has 0 fully saturated rings. The van der Waals surface area contributed by atoms with Crippen molar-refractivity contribution in [2.45, 2.75) is 10.9 Å². The van der Waals surface area contributed by atoms with Gasteiger partial charge in [0.05, 0.1) is 17.0 Å².